The standard InChI is InChI=1S/C13H15NO3S/c1-11-7-8-12-5-2-3-6-13(12)14(11)9-4-10-18(15,16)17/h2-3,5-8H,4,9-10H2,1H3/p+1. The lowest BCUT2D eigenvalue weighted by Crippen LogP contribution is -2.38. The molecule has 96 valence electrons. The molecule has 0 bridgehead atoms. The third-order valence-electron chi connectivity index (χ3n) is 2.94. The van der Waals surface area contributed by atoms with Gasteiger partial charge in [-0.05, 0) is 12.1 Å². The van der Waals surface area contributed by atoms with Gasteiger partial charge in [-0.25, -0.2) is 0 Å². The van der Waals surface area contributed by atoms with Gasteiger partial charge in [0.2, 0.25) is 5.52 Å². The zero-order chi connectivity index (χ0) is 13.2. The molecule has 2 rings (SSSR count). The molecule has 5 heteroatoms. The van der Waals surface area contributed by atoms with E-state index < -0.39 is 10.1 Å². The van der Waals surface area contributed by atoms with Crippen molar-refractivity contribution < 1.29 is 17.5 Å². The predicted octanol–water partition coefficient (Wildman–Crippen LogP) is 1.71. The molecule has 0 unspecified atom stereocenters. The maximum atomic E-state index is 10.7. The number of hydrogen-bond acceptors (Lipinski definition) is 2. The number of hydrogen-bond donors (Lipinski definition) is 1. The normalized spacial score (nSPS) is 11.9. The van der Waals surface area contributed by atoms with Gasteiger partial charge in [-0.15, -0.1) is 0 Å². The molecule has 1 aromatic heterocycles. The van der Waals surface area contributed by atoms with E-state index in [2.05, 4.69) is 4.57 Å². The molecule has 1 aromatic carbocycles. The Morgan fingerprint density at radius 2 is 1.89 bits per heavy atom. The lowest BCUT2D eigenvalue weighted by atomic mass is 10.2. The Kier molecular flexibility index (Phi) is 3.63. The van der Waals surface area contributed by atoms with Gasteiger partial charge in [0.05, 0.1) is 5.75 Å². The quantitative estimate of drug-likeness (QED) is 0.677. The Balaban J connectivity index is 2.29. The van der Waals surface area contributed by atoms with Crippen LogP contribution in [0.1, 0.15) is 12.1 Å². The molecule has 0 saturated carbocycles. The van der Waals surface area contributed by atoms with Crippen LogP contribution in [0.4, 0.5) is 0 Å². The van der Waals surface area contributed by atoms with Crippen LogP contribution in [0.2, 0.25) is 0 Å². The first-order valence-electron chi connectivity index (χ1n) is 5.81. The van der Waals surface area contributed by atoms with Gasteiger partial charge in [0.15, 0.2) is 5.69 Å². The predicted molar refractivity (Wildman–Crippen MR) is 69.9 cm³/mol. The third kappa shape index (κ3) is 3.05. The summed E-state index contributed by atoms with van der Waals surface area (Å²) in [6, 6.07) is 12.0. The molecule has 0 aliphatic heterocycles. The van der Waals surface area contributed by atoms with E-state index in [1.807, 2.05) is 43.3 Å². The van der Waals surface area contributed by atoms with E-state index in [0.717, 1.165) is 16.6 Å². The van der Waals surface area contributed by atoms with Gasteiger partial charge >= 0.3 is 0 Å². The van der Waals surface area contributed by atoms with Crippen LogP contribution in [0, 0.1) is 6.92 Å². The molecule has 0 aliphatic carbocycles. The van der Waals surface area contributed by atoms with Crippen LogP contribution in [-0.4, -0.2) is 18.7 Å². The first-order valence-corrected chi connectivity index (χ1v) is 7.42. The van der Waals surface area contributed by atoms with Crippen LogP contribution in [0.15, 0.2) is 36.4 Å². The molecule has 2 aromatic rings. The van der Waals surface area contributed by atoms with Gasteiger partial charge in [0.1, 0.15) is 6.54 Å². The number of para-hydroxylation sites is 1. The average molecular weight is 266 g/mol. The monoisotopic (exact) mass is 266 g/mol. The maximum absolute atomic E-state index is 10.7. The molecule has 1 N–H and O–H groups in total. The SMILES string of the molecule is Cc1ccc2ccccc2[n+]1CCCS(=O)(=O)O. The summed E-state index contributed by atoms with van der Waals surface area (Å²) in [5.41, 5.74) is 2.15. The number of benzene rings is 1. The fourth-order valence-electron chi connectivity index (χ4n) is 2.07. The Morgan fingerprint density at radius 1 is 1.17 bits per heavy atom. The van der Waals surface area contributed by atoms with E-state index in [4.69, 9.17) is 4.55 Å². The van der Waals surface area contributed by atoms with Crippen molar-refractivity contribution in [2.75, 3.05) is 5.75 Å². The summed E-state index contributed by atoms with van der Waals surface area (Å²) in [6.07, 6.45) is 0.401. The van der Waals surface area contributed by atoms with Crippen molar-refractivity contribution in [3.63, 3.8) is 0 Å². The first-order chi connectivity index (χ1) is 8.47. The number of aryl methyl sites for hydroxylation is 2. The molecule has 0 saturated heterocycles. The summed E-state index contributed by atoms with van der Waals surface area (Å²) in [6.45, 7) is 2.56. The van der Waals surface area contributed by atoms with Crippen LogP contribution < -0.4 is 4.57 Å². The highest BCUT2D eigenvalue weighted by molar-refractivity contribution is 7.85. The van der Waals surface area contributed by atoms with E-state index >= 15 is 0 Å². The minimum absolute atomic E-state index is 0.206. The van der Waals surface area contributed by atoms with Crippen molar-refractivity contribution in [1.82, 2.24) is 0 Å². The van der Waals surface area contributed by atoms with E-state index in [0.29, 0.717) is 13.0 Å². The topological polar surface area (TPSA) is 58.2 Å². The number of aromatic nitrogens is 1. The van der Waals surface area contributed by atoms with Crippen LogP contribution in [0.3, 0.4) is 0 Å². The first kappa shape index (κ1) is 13.0. The highest BCUT2D eigenvalue weighted by Gasteiger charge is 2.13. The summed E-state index contributed by atoms with van der Waals surface area (Å²) in [4.78, 5) is 0. The Hall–Kier alpha value is -1.46. The van der Waals surface area contributed by atoms with Gasteiger partial charge in [-0.1, -0.05) is 12.1 Å². The fraction of sp³-hybridized carbons (Fsp3) is 0.308. The van der Waals surface area contributed by atoms with Crippen LogP contribution in [-0.2, 0) is 16.7 Å². The minimum atomic E-state index is -3.87. The van der Waals surface area contributed by atoms with Crippen molar-refractivity contribution in [2.45, 2.75) is 19.9 Å². The van der Waals surface area contributed by atoms with E-state index in [1.165, 1.54) is 0 Å². The molecule has 18 heavy (non-hydrogen) atoms. The molecular weight excluding hydrogens is 250 g/mol. The molecule has 0 radical (unpaired) electrons. The highest BCUT2D eigenvalue weighted by atomic mass is 32.2. The van der Waals surface area contributed by atoms with Gasteiger partial charge in [0, 0.05) is 30.9 Å². The largest absolute Gasteiger partial charge is 0.286 e. The summed E-state index contributed by atoms with van der Waals surface area (Å²) < 4.78 is 32.2. The summed E-state index contributed by atoms with van der Waals surface area (Å²) in [7, 11) is -3.87. The van der Waals surface area contributed by atoms with Crippen LogP contribution >= 0.6 is 0 Å². The van der Waals surface area contributed by atoms with Gasteiger partial charge < -0.3 is 0 Å². The summed E-state index contributed by atoms with van der Waals surface area (Å²) >= 11 is 0. The van der Waals surface area contributed by atoms with Crippen molar-refractivity contribution in [3.05, 3.63) is 42.1 Å². The second kappa shape index (κ2) is 5.04. The molecule has 1 heterocycles. The molecule has 0 aliphatic rings. The molecule has 0 fully saturated rings. The van der Waals surface area contributed by atoms with Crippen molar-refractivity contribution in [1.29, 1.82) is 0 Å². The third-order valence-corrected chi connectivity index (χ3v) is 3.75. The van der Waals surface area contributed by atoms with Gasteiger partial charge in [-0.3, -0.25) is 4.55 Å². The smallest absolute Gasteiger partial charge is 0.265 e. The Morgan fingerprint density at radius 3 is 2.61 bits per heavy atom. The van der Waals surface area contributed by atoms with Crippen molar-refractivity contribution in [2.24, 2.45) is 0 Å². The average Bonchev–Trinajstić information content (AvgIpc) is 2.31. The fourth-order valence-corrected chi connectivity index (χ4v) is 2.56. The minimum Gasteiger partial charge on any atom is -0.286 e. The number of nitrogens with zero attached hydrogens (tertiary/aromatic N) is 1. The molecule has 0 amide bonds. The van der Waals surface area contributed by atoms with E-state index in [9.17, 15) is 8.42 Å². The van der Waals surface area contributed by atoms with E-state index in [1.54, 1.807) is 0 Å². The van der Waals surface area contributed by atoms with Crippen molar-refractivity contribution in [3.8, 4) is 0 Å². The molecule has 0 atom stereocenters. The number of pyridine rings is 1. The second-order valence-electron chi connectivity index (χ2n) is 4.32. The van der Waals surface area contributed by atoms with Gasteiger partial charge in [0.25, 0.3) is 10.1 Å². The number of fused-ring (bicyclic) bond motifs is 1. The highest BCUT2D eigenvalue weighted by Crippen LogP contribution is 2.10. The second-order valence-corrected chi connectivity index (χ2v) is 5.90. The van der Waals surface area contributed by atoms with Gasteiger partial charge in [-0.2, -0.15) is 13.0 Å². The molecular formula is C13H16NO3S+. The summed E-state index contributed by atoms with van der Waals surface area (Å²) in [5, 5.41) is 1.12. The zero-order valence-electron chi connectivity index (χ0n) is 10.2. The maximum Gasteiger partial charge on any atom is 0.265 e. The van der Waals surface area contributed by atoms with E-state index in [-0.39, 0.29) is 5.75 Å². The lowest BCUT2D eigenvalue weighted by Gasteiger charge is -2.04. The van der Waals surface area contributed by atoms with Crippen LogP contribution in [0.5, 0.6) is 0 Å². The lowest BCUT2D eigenvalue weighted by molar-refractivity contribution is -0.677. The Bertz CT molecular complexity index is 665. The molecule has 4 nitrogen and oxygen atoms in total. The Labute approximate surface area is 107 Å². The molecule has 0 spiro atoms. The van der Waals surface area contributed by atoms with Crippen LogP contribution in [0.25, 0.3) is 10.9 Å². The summed E-state index contributed by atoms with van der Waals surface area (Å²) in [5.74, 6) is -0.206. The zero-order valence-corrected chi connectivity index (χ0v) is 11.0. The number of rotatable bonds is 4. The van der Waals surface area contributed by atoms with Crippen molar-refractivity contribution >= 4 is 21.0 Å².